The number of hydrogen-bond donors (Lipinski definition) is 1. The quantitative estimate of drug-likeness (QED) is 0.615. The number of piperidine rings is 1. The van der Waals surface area contributed by atoms with Crippen LogP contribution < -0.4 is 5.32 Å². The van der Waals surface area contributed by atoms with Crippen molar-refractivity contribution in [2.24, 2.45) is 5.92 Å². The van der Waals surface area contributed by atoms with Crippen LogP contribution in [0.1, 0.15) is 45.4 Å². The molecule has 1 aliphatic rings. The molecule has 1 N–H and O–H groups in total. The van der Waals surface area contributed by atoms with E-state index in [1.165, 1.54) is 71.2 Å². The molecule has 0 aliphatic carbocycles. The Balaban J connectivity index is 1.91. The highest BCUT2D eigenvalue weighted by Crippen LogP contribution is 2.16. The Labute approximate surface area is 120 Å². The number of unbranched alkanes of at least 4 members (excludes halogenated alkanes) is 3. The zero-order valence-corrected chi connectivity index (χ0v) is 13.5. The van der Waals surface area contributed by atoms with Crippen LogP contribution in [0.4, 0.5) is 0 Å². The van der Waals surface area contributed by atoms with Gasteiger partial charge in [0.25, 0.3) is 0 Å². The molecule has 1 rings (SSSR count). The maximum absolute atomic E-state index is 3.39. The minimum Gasteiger partial charge on any atom is -0.317 e. The van der Waals surface area contributed by atoms with E-state index in [1.54, 1.807) is 0 Å². The van der Waals surface area contributed by atoms with Crippen LogP contribution in [-0.2, 0) is 0 Å². The fourth-order valence-corrected chi connectivity index (χ4v) is 2.94. The Kier molecular flexibility index (Phi) is 9.48. The van der Waals surface area contributed by atoms with Crippen LogP contribution in [0.2, 0.25) is 0 Å². The lowest BCUT2D eigenvalue weighted by Gasteiger charge is -2.31. The molecular formula is C16H35N3. The average molecular weight is 269 g/mol. The van der Waals surface area contributed by atoms with Crippen molar-refractivity contribution in [1.82, 2.24) is 15.1 Å². The minimum atomic E-state index is 0.940. The fourth-order valence-electron chi connectivity index (χ4n) is 2.94. The van der Waals surface area contributed by atoms with Crippen LogP contribution in [0, 0.1) is 5.92 Å². The molecule has 1 saturated heterocycles. The van der Waals surface area contributed by atoms with Gasteiger partial charge in [0.05, 0.1) is 0 Å². The molecule has 3 nitrogen and oxygen atoms in total. The van der Waals surface area contributed by atoms with Crippen LogP contribution in [0.25, 0.3) is 0 Å². The molecule has 0 saturated carbocycles. The molecule has 0 atom stereocenters. The third-order valence-electron chi connectivity index (χ3n) is 4.30. The topological polar surface area (TPSA) is 18.5 Å². The Hall–Kier alpha value is -0.120. The lowest BCUT2D eigenvalue weighted by Crippen LogP contribution is -2.36. The molecule has 0 aromatic carbocycles. The highest BCUT2D eigenvalue weighted by atomic mass is 15.1. The molecule has 1 heterocycles. The molecule has 0 unspecified atom stereocenters. The maximum atomic E-state index is 3.39. The summed E-state index contributed by atoms with van der Waals surface area (Å²) in [4.78, 5) is 5.01. The zero-order valence-electron chi connectivity index (χ0n) is 13.5. The van der Waals surface area contributed by atoms with E-state index in [-0.39, 0.29) is 0 Å². The lowest BCUT2D eigenvalue weighted by atomic mass is 9.96. The lowest BCUT2D eigenvalue weighted by molar-refractivity contribution is 0.175. The molecule has 114 valence electrons. The monoisotopic (exact) mass is 269 g/mol. The summed E-state index contributed by atoms with van der Waals surface area (Å²) in [6, 6.07) is 0. The minimum absolute atomic E-state index is 0.940. The van der Waals surface area contributed by atoms with Gasteiger partial charge in [-0.25, -0.2) is 0 Å². The van der Waals surface area contributed by atoms with E-state index >= 15 is 0 Å². The third kappa shape index (κ3) is 8.61. The Bertz CT molecular complexity index is 200. The molecule has 0 spiro atoms. The number of hydrogen-bond acceptors (Lipinski definition) is 3. The zero-order chi connectivity index (χ0) is 13.9. The largest absolute Gasteiger partial charge is 0.317 e. The van der Waals surface area contributed by atoms with Gasteiger partial charge in [0.2, 0.25) is 0 Å². The van der Waals surface area contributed by atoms with Gasteiger partial charge in [0.15, 0.2) is 0 Å². The molecule has 3 heteroatoms. The second kappa shape index (κ2) is 10.6. The summed E-state index contributed by atoms with van der Waals surface area (Å²) in [5.41, 5.74) is 0. The summed E-state index contributed by atoms with van der Waals surface area (Å²) >= 11 is 0. The van der Waals surface area contributed by atoms with Crippen LogP contribution in [0.15, 0.2) is 0 Å². The van der Waals surface area contributed by atoms with Crippen LogP contribution >= 0.6 is 0 Å². The maximum Gasteiger partial charge on any atom is 0.000756 e. The molecule has 19 heavy (non-hydrogen) atoms. The summed E-state index contributed by atoms with van der Waals surface area (Å²) in [5, 5.41) is 3.39. The van der Waals surface area contributed by atoms with Crippen molar-refractivity contribution in [3.63, 3.8) is 0 Å². The van der Waals surface area contributed by atoms with Gasteiger partial charge < -0.3 is 15.1 Å². The van der Waals surface area contributed by atoms with E-state index in [1.807, 2.05) is 0 Å². The molecule has 0 amide bonds. The molecule has 1 aliphatic heterocycles. The highest BCUT2D eigenvalue weighted by Gasteiger charge is 2.17. The third-order valence-corrected chi connectivity index (χ3v) is 4.30. The van der Waals surface area contributed by atoms with Crippen LogP contribution in [-0.4, -0.2) is 63.2 Å². The van der Waals surface area contributed by atoms with E-state index in [0.29, 0.717) is 0 Å². The molecule has 0 bridgehead atoms. The van der Waals surface area contributed by atoms with Crippen molar-refractivity contribution in [3.05, 3.63) is 0 Å². The van der Waals surface area contributed by atoms with Gasteiger partial charge in [-0.1, -0.05) is 19.8 Å². The number of rotatable bonds is 10. The number of nitrogens with zero attached hydrogens (tertiary/aromatic N) is 2. The predicted molar refractivity (Wildman–Crippen MR) is 84.7 cm³/mol. The summed E-state index contributed by atoms with van der Waals surface area (Å²) in [6.45, 7) is 9.67. The first kappa shape index (κ1) is 16.9. The Morgan fingerprint density at radius 1 is 1.11 bits per heavy atom. The Morgan fingerprint density at radius 3 is 2.47 bits per heavy atom. The van der Waals surface area contributed by atoms with Gasteiger partial charge in [-0.05, 0) is 78.4 Å². The SMILES string of the molecule is CCNCCCCCCN(C)CC1CCN(C)CC1. The van der Waals surface area contributed by atoms with E-state index in [2.05, 4.69) is 36.1 Å². The van der Waals surface area contributed by atoms with E-state index in [0.717, 1.165) is 12.5 Å². The van der Waals surface area contributed by atoms with E-state index in [9.17, 15) is 0 Å². The number of likely N-dealkylation sites (tertiary alicyclic amines) is 1. The predicted octanol–water partition coefficient (Wildman–Crippen LogP) is 2.43. The molecule has 1 fully saturated rings. The van der Waals surface area contributed by atoms with Gasteiger partial charge in [0.1, 0.15) is 0 Å². The molecule has 0 aromatic rings. The van der Waals surface area contributed by atoms with Crippen molar-refractivity contribution in [2.45, 2.75) is 45.4 Å². The first-order valence-electron chi connectivity index (χ1n) is 8.30. The summed E-state index contributed by atoms with van der Waals surface area (Å²) in [6.07, 6.45) is 8.27. The Morgan fingerprint density at radius 2 is 1.79 bits per heavy atom. The molecule has 0 aromatic heterocycles. The summed E-state index contributed by atoms with van der Waals surface area (Å²) in [5.74, 6) is 0.940. The van der Waals surface area contributed by atoms with E-state index in [4.69, 9.17) is 0 Å². The number of nitrogens with one attached hydrogen (secondary N) is 1. The highest BCUT2D eigenvalue weighted by molar-refractivity contribution is 4.72. The first-order chi connectivity index (χ1) is 9.22. The summed E-state index contributed by atoms with van der Waals surface area (Å²) in [7, 11) is 4.55. The second-order valence-corrected chi connectivity index (χ2v) is 6.28. The van der Waals surface area contributed by atoms with Crippen molar-refractivity contribution in [2.75, 3.05) is 53.4 Å². The molecule has 0 radical (unpaired) electrons. The van der Waals surface area contributed by atoms with Crippen molar-refractivity contribution >= 4 is 0 Å². The van der Waals surface area contributed by atoms with Gasteiger partial charge in [0, 0.05) is 6.54 Å². The van der Waals surface area contributed by atoms with Gasteiger partial charge in [-0.15, -0.1) is 0 Å². The van der Waals surface area contributed by atoms with Crippen LogP contribution in [0.5, 0.6) is 0 Å². The van der Waals surface area contributed by atoms with Crippen molar-refractivity contribution < 1.29 is 0 Å². The first-order valence-corrected chi connectivity index (χ1v) is 8.30. The van der Waals surface area contributed by atoms with Crippen molar-refractivity contribution in [3.8, 4) is 0 Å². The van der Waals surface area contributed by atoms with Crippen LogP contribution in [0.3, 0.4) is 0 Å². The second-order valence-electron chi connectivity index (χ2n) is 6.28. The smallest absolute Gasteiger partial charge is 0.000756 e. The van der Waals surface area contributed by atoms with Gasteiger partial charge in [-0.3, -0.25) is 0 Å². The summed E-state index contributed by atoms with van der Waals surface area (Å²) < 4.78 is 0. The average Bonchev–Trinajstić information content (AvgIpc) is 2.40. The normalized spacial score (nSPS) is 18.3. The van der Waals surface area contributed by atoms with Gasteiger partial charge >= 0.3 is 0 Å². The van der Waals surface area contributed by atoms with E-state index < -0.39 is 0 Å². The van der Waals surface area contributed by atoms with Gasteiger partial charge in [-0.2, -0.15) is 0 Å². The fraction of sp³-hybridized carbons (Fsp3) is 1.00. The standard InChI is InChI=1S/C16H35N3/c1-4-17-11-7-5-6-8-12-19(3)15-16-9-13-18(2)14-10-16/h16-17H,4-15H2,1-3H3. The molecular weight excluding hydrogens is 234 g/mol. The van der Waals surface area contributed by atoms with Crippen molar-refractivity contribution in [1.29, 1.82) is 0 Å².